The van der Waals surface area contributed by atoms with Gasteiger partial charge >= 0.3 is 0 Å². The molecule has 0 aliphatic heterocycles. The first-order chi connectivity index (χ1) is 6.92. The molecular formula is C7H12N2O5S. The van der Waals surface area contributed by atoms with Gasteiger partial charge in [-0.25, -0.2) is 0 Å². The maximum absolute atomic E-state index is 11.2. The zero-order valence-corrected chi connectivity index (χ0v) is 8.95. The third kappa shape index (κ3) is 3.86. The van der Waals surface area contributed by atoms with Crippen LogP contribution >= 0.6 is 0 Å². The highest BCUT2D eigenvalue weighted by Gasteiger charge is 2.10. The van der Waals surface area contributed by atoms with Crippen molar-refractivity contribution < 1.29 is 17.7 Å². The highest BCUT2D eigenvalue weighted by atomic mass is 32.2. The lowest BCUT2D eigenvalue weighted by Crippen LogP contribution is -2.18. The molecule has 15 heavy (non-hydrogen) atoms. The molecule has 1 aromatic heterocycles. The minimum Gasteiger partial charge on any atom is -0.383 e. The molecule has 2 N–H and O–H groups in total. The minimum absolute atomic E-state index is 0.151. The van der Waals surface area contributed by atoms with Crippen LogP contribution in [0.1, 0.15) is 5.69 Å². The highest BCUT2D eigenvalue weighted by Crippen LogP contribution is 1.97. The molecule has 7 nitrogen and oxygen atoms in total. The Morgan fingerprint density at radius 1 is 1.60 bits per heavy atom. The lowest BCUT2D eigenvalue weighted by Gasteiger charge is -1.99. The molecule has 0 spiro atoms. The standard InChI is InChI=1S/C7H12N2O5S/c1-14-3-2-9-7(10)4-6(8-9)5-15(11,12)13/h4,8H,2-3,5H2,1H3,(H,11,12,13). The molecule has 1 heterocycles. The molecule has 0 atom stereocenters. The smallest absolute Gasteiger partial charge is 0.270 e. The van der Waals surface area contributed by atoms with Gasteiger partial charge in [-0.1, -0.05) is 0 Å². The first-order valence-electron chi connectivity index (χ1n) is 4.15. The van der Waals surface area contributed by atoms with Gasteiger partial charge in [-0.3, -0.25) is 19.1 Å². The molecule has 0 amide bonds. The van der Waals surface area contributed by atoms with E-state index in [1.165, 1.54) is 11.8 Å². The Balaban J connectivity index is 2.82. The molecule has 0 saturated carbocycles. The van der Waals surface area contributed by atoms with Crippen molar-refractivity contribution in [2.45, 2.75) is 12.3 Å². The molecule has 0 aliphatic carbocycles. The molecule has 1 aromatic rings. The van der Waals surface area contributed by atoms with Crippen molar-refractivity contribution in [3.8, 4) is 0 Å². The van der Waals surface area contributed by atoms with Crippen molar-refractivity contribution in [3.05, 3.63) is 22.1 Å². The van der Waals surface area contributed by atoms with Crippen LogP contribution in [0.25, 0.3) is 0 Å². The summed E-state index contributed by atoms with van der Waals surface area (Å²) < 4.78 is 35.6. The Kier molecular flexibility index (Phi) is 3.66. The summed E-state index contributed by atoms with van der Waals surface area (Å²) in [5.41, 5.74) is -0.204. The Bertz CT molecular complexity index is 472. The topological polar surface area (TPSA) is 101 Å². The number of aromatic nitrogens is 2. The quantitative estimate of drug-likeness (QED) is 0.652. The lowest BCUT2D eigenvalue weighted by atomic mass is 10.5. The number of nitrogens with zero attached hydrogens (tertiary/aromatic N) is 1. The summed E-state index contributed by atoms with van der Waals surface area (Å²) in [4.78, 5) is 11.2. The summed E-state index contributed by atoms with van der Waals surface area (Å²) in [6.45, 7) is 0.645. The van der Waals surface area contributed by atoms with Gasteiger partial charge in [0, 0.05) is 13.2 Å². The number of methoxy groups -OCH3 is 1. The Morgan fingerprint density at radius 3 is 2.80 bits per heavy atom. The van der Waals surface area contributed by atoms with E-state index in [0.29, 0.717) is 13.2 Å². The van der Waals surface area contributed by atoms with Crippen molar-refractivity contribution in [1.82, 2.24) is 9.78 Å². The third-order valence-electron chi connectivity index (χ3n) is 1.70. The zero-order valence-electron chi connectivity index (χ0n) is 8.13. The van der Waals surface area contributed by atoms with Crippen LogP contribution < -0.4 is 5.56 Å². The summed E-state index contributed by atoms with van der Waals surface area (Å²) in [5, 5.41) is 2.56. The molecule has 0 fully saturated rings. The van der Waals surface area contributed by atoms with E-state index in [0.717, 1.165) is 6.07 Å². The summed E-state index contributed by atoms with van der Waals surface area (Å²) in [6, 6.07) is 1.13. The molecule has 8 heteroatoms. The number of nitrogens with one attached hydrogen (secondary N) is 1. The molecule has 0 aliphatic rings. The van der Waals surface area contributed by atoms with Crippen LogP contribution in [0.2, 0.25) is 0 Å². The van der Waals surface area contributed by atoms with Crippen molar-refractivity contribution in [3.63, 3.8) is 0 Å². The van der Waals surface area contributed by atoms with Gasteiger partial charge in [0.2, 0.25) is 0 Å². The SMILES string of the molecule is COCCn1[nH]c(CS(=O)(=O)O)cc1=O. The predicted molar refractivity (Wildman–Crippen MR) is 52.2 cm³/mol. The van der Waals surface area contributed by atoms with E-state index in [2.05, 4.69) is 5.10 Å². The first kappa shape index (κ1) is 12.0. The summed E-state index contributed by atoms with van der Waals surface area (Å²) >= 11 is 0. The van der Waals surface area contributed by atoms with Gasteiger partial charge in [0.15, 0.2) is 0 Å². The molecule has 0 unspecified atom stereocenters. The van der Waals surface area contributed by atoms with Gasteiger partial charge in [-0.2, -0.15) is 8.42 Å². The fourth-order valence-electron chi connectivity index (χ4n) is 1.11. The van der Waals surface area contributed by atoms with E-state index in [9.17, 15) is 13.2 Å². The maximum atomic E-state index is 11.2. The van der Waals surface area contributed by atoms with E-state index < -0.39 is 15.9 Å². The van der Waals surface area contributed by atoms with Crippen LogP contribution in [0.15, 0.2) is 10.9 Å². The van der Waals surface area contributed by atoms with E-state index in [1.54, 1.807) is 0 Å². The molecular weight excluding hydrogens is 224 g/mol. The van der Waals surface area contributed by atoms with Gasteiger partial charge in [-0.15, -0.1) is 0 Å². The van der Waals surface area contributed by atoms with Crippen LogP contribution in [0.4, 0.5) is 0 Å². The highest BCUT2D eigenvalue weighted by molar-refractivity contribution is 7.84. The van der Waals surface area contributed by atoms with Crippen molar-refractivity contribution >= 4 is 10.1 Å². The molecule has 0 saturated heterocycles. The second-order valence-electron chi connectivity index (χ2n) is 2.99. The van der Waals surface area contributed by atoms with Crippen molar-refractivity contribution in [2.24, 2.45) is 0 Å². The predicted octanol–water partition coefficient (Wildman–Crippen LogP) is -0.789. The van der Waals surface area contributed by atoms with E-state index in [1.807, 2.05) is 0 Å². The van der Waals surface area contributed by atoms with Gasteiger partial charge in [-0.05, 0) is 0 Å². The summed E-state index contributed by atoms with van der Waals surface area (Å²) in [5.74, 6) is -0.595. The number of ether oxygens (including phenoxy) is 1. The van der Waals surface area contributed by atoms with Crippen molar-refractivity contribution in [2.75, 3.05) is 13.7 Å². The molecule has 0 aromatic carbocycles. The first-order valence-corrected chi connectivity index (χ1v) is 5.76. The summed E-state index contributed by atoms with van der Waals surface area (Å²) in [7, 11) is -2.62. The van der Waals surface area contributed by atoms with Gasteiger partial charge in [0.25, 0.3) is 15.7 Å². The molecule has 86 valence electrons. The lowest BCUT2D eigenvalue weighted by molar-refractivity contribution is 0.182. The summed E-state index contributed by atoms with van der Waals surface area (Å²) in [6.07, 6.45) is 0. The van der Waals surface area contributed by atoms with Crippen LogP contribution in [0.5, 0.6) is 0 Å². The fourth-order valence-corrected chi connectivity index (χ4v) is 1.65. The van der Waals surface area contributed by atoms with Gasteiger partial charge in [0.1, 0.15) is 5.75 Å². The second-order valence-corrected chi connectivity index (χ2v) is 4.44. The monoisotopic (exact) mass is 236 g/mol. The Labute approximate surface area is 86.4 Å². The van der Waals surface area contributed by atoms with E-state index >= 15 is 0 Å². The Hall–Kier alpha value is -1.12. The Morgan fingerprint density at radius 2 is 2.27 bits per heavy atom. The third-order valence-corrected chi connectivity index (χ3v) is 2.38. The fraction of sp³-hybridized carbons (Fsp3) is 0.571. The largest absolute Gasteiger partial charge is 0.383 e. The van der Waals surface area contributed by atoms with E-state index in [4.69, 9.17) is 9.29 Å². The number of hydrogen-bond acceptors (Lipinski definition) is 4. The number of hydrogen-bond donors (Lipinski definition) is 2. The van der Waals surface area contributed by atoms with Gasteiger partial charge < -0.3 is 4.74 Å². The average Bonchev–Trinajstić information content (AvgIpc) is 2.39. The molecule has 1 rings (SSSR count). The minimum atomic E-state index is -4.12. The average molecular weight is 236 g/mol. The second kappa shape index (κ2) is 4.60. The zero-order chi connectivity index (χ0) is 11.5. The van der Waals surface area contributed by atoms with Crippen LogP contribution in [0.3, 0.4) is 0 Å². The van der Waals surface area contributed by atoms with Crippen LogP contribution in [0, 0.1) is 0 Å². The number of rotatable bonds is 5. The van der Waals surface area contributed by atoms with Crippen LogP contribution in [-0.4, -0.2) is 36.5 Å². The van der Waals surface area contributed by atoms with Crippen LogP contribution in [-0.2, 0) is 27.2 Å². The van der Waals surface area contributed by atoms with Gasteiger partial charge in [0.05, 0.1) is 18.8 Å². The maximum Gasteiger partial charge on any atom is 0.270 e. The normalized spacial score (nSPS) is 11.9. The van der Waals surface area contributed by atoms with Crippen molar-refractivity contribution in [1.29, 1.82) is 0 Å². The number of aromatic amines is 1. The molecule has 0 radical (unpaired) electrons. The number of H-pyrrole nitrogens is 1. The molecule has 0 bridgehead atoms. The van der Waals surface area contributed by atoms with E-state index in [-0.39, 0.29) is 11.3 Å².